The molecular weight excluding hydrogens is 415 g/mol. The molecule has 0 unspecified atom stereocenters. The normalized spacial score (nSPS) is 16.5. The molecule has 0 aromatic heterocycles. The Hall–Kier alpha value is -2.21. The second kappa shape index (κ2) is 7.66. The summed E-state index contributed by atoms with van der Waals surface area (Å²) in [6, 6.07) is 11.6. The summed E-state index contributed by atoms with van der Waals surface area (Å²) < 4.78 is 5.90. The van der Waals surface area contributed by atoms with Gasteiger partial charge in [-0.2, -0.15) is 0 Å². The third-order valence-electron chi connectivity index (χ3n) is 5.59. The molecule has 0 saturated carbocycles. The van der Waals surface area contributed by atoms with Crippen LogP contribution >= 0.6 is 0 Å². The molecule has 0 radical (unpaired) electrons. The number of carbonyl (C=O) groups excluding carboxylic acids is 1. The second-order valence-electron chi connectivity index (χ2n) is 8.53. The van der Waals surface area contributed by atoms with E-state index in [1.54, 1.807) is 12.1 Å². The number of phenols is 1. The maximum absolute atomic E-state index is 11.5. The summed E-state index contributed by atoms with van der Waals surface area (Å²) in [7, 11) is 1.29. The van der Waals surface area contributed by atoms with E-state index in [-0.39, 0.29) is 37.1 Å². The number of carbonyl (C=O) groups is 1. The molecule has 0 saturated heterocycles. The Morgan fingerprint density at radius 3 is 2.36 bits per heavy atom. The third-order valence-corrected chi connectivity index (χ3v) is 7.05. The van der Waals surface area contributed by atoms with Gasteiger partial charge in [0, 0.05) is 0 Å². The van der Waals surface area contributed by atoms with Crippen LogP contribution in [0, 0.1) is 10.7 Å². The number of aromatic hydroxyl groups is 1. The molecule has 2 aromatic rings. The van der Waals surface area contributed by atoms with Crippen molar-refractivity contribution in [1.29, 1.82) is 0 Å². The Morgan fingerprint density at radius 1 is 1.04 bits per heavy atom. The molecule has 0 fully saturated rings. The van der Waals surface area contributed by atoms with Crippen LogP contribution in [0.15, 0.2) is 36.4 Å². The Labute approximate surface area is 173 Å². The fraction of sp³-hybridized carbons (Fsp3) is 0.375. The van der Waals surface area contributed by atoms with Gasteiger partial charge in [-0.3, -0.25) is 0 Å². The van der Waals surface area contributed by atoms with Crippen molar-refractivity contribution in [1.82, 2.24) is 0 Å². The van der Waals surface area contributed by atoms with E-state index in [2.05, 4.69) is 61.4 Å². The zero-order valence-electron chi connectivity index (χ0n) is 17.1. The van der Waals surface area contributed by atoms with Crippen LogP contribution in [0.3, 0.4) is 0 Å². The average Bonchev–Trinajstić information content (AvgIpc) is 2.65. The third kappa shape index (κ3) is 4.12. The van der Waals surface area contributed by atoms with E-state index in [9.17, 15) is 9.90 Å². The summed E-state index contributed by atoms with van der Waals surface area (Å²) in [6.07, 6.45) is 2.41. The van der Waals surface area contributed by atoms with E-state index in [1.807, 2.05) is 0 Å². The molecule has 1 aliphatic carbocycles. The number of rotatable bonds is 2. The standard InChI is InChI=1S/C24H26O3Se/c1-23(2)11-12-24(3,4)20-15-17(7-9-19(20)23)28-13-10-16-6-8-18(21(25)14-16)22(26)27-5/h6-9,14-15,25H,11-12H2,1-5H3. The van der Waals surface area contributed by atoms with Crippen LogP contribution in [0.4, 0.5) is 0 Å². The number of hydrogen-bond acceptors (Lipinski definition) is 3. The number of fused-ring (bicyclic) bond motifs is 1. The first kappa shape index (κ1) is 20.5. The van der Waals surface area contributed by atoms with Gasteiger partial charge in [0.15, 0.2) is 0 Å². The van der Waals surface area contributed by atoms with Crippen molar-refractivity contribution in [3.8, 4) is 16.5 Å². The number of phenolic OH excluding ortho intramolecular Hbond substituents is 1. The number of ether oxygens (including phenoxy) is 1. The first-order chi connectivity index (χ1) is 13.1. The Morgan fingerprint density at radius 2 is 1.71 bits per heavy atom. The predicted molar refractivity (Wildman–Crippen MR) is 113 cm³/mol. The molecular formula is C24H26O3Se. The number of methoxy groups -OCH3 is 1. The molecule has 0 heterocycles. The second-order valence-corrected chi connectivity index (χ2v) is 10.4. The summed E-state index contributed by atoms with van der Waals surface area (Å²) in [5.74, 6) is 2.44. The van der Waals surface area contributed by atoms with Gasteiger partial charge in [-0.05, 0) is 0 Å². The zero-order valence-corrected chi connectivity index (χ0v) is 18.8. The van der Waals surface area contributed by atoms with E-state index >= 15 is 0 Å². The van der Waals surface area contributed by atoms with Gasteiger partial charge in [0.2, 0.25) is 0 Å². The van der Waals surface area contributed by atoms with Crippen molar-refractivity contribution in [2.45, 2.75) is 51.4 Å². The number of esters is 1. The zero-order chi connectivity index (χ0) is 20.5. The quantitative estimate of drug-likeness (QED) is 0.437. The minimum atomic E-state index is -0.555. The van der Waals surface area contributed by atoms with Gasteiger partial charge in [-0.1, -0.05) is 0 Å². The van der Waals surface area contributed by atoms with E-state index in [1.165, 1.54) is 41.6 Å². The van der Waals surface area contributed by atoms with Crippen molar-refractivity contribution in [3.63, 3.8) is 0 Å². The molecule has 1 N–H and O–H groups in total. The van der Waals surface area contributed by atoms with Crippen molar-refractivity contribution in [2.75, 3.05) is 7.11 Å². The van der Waals surface area contributed by atoms with E-state index in [0.29, 0.717) is 5.56 Å². The van der Waals surface area contributed by atoms with Crippen LogP contribution in [-0.2, 0) is 15.6 Å². The Kier molecular flexibility index (Phi) is 5.62. The molecule has 0 amide bonds. The van der Waals surface area contributed by atoms with Crippen LogP contribution in [0.2, 0.25) is 0 Å². The number of hydrogen-bond donors (Lipinski definition) is 1. The molecule has 4 heteroatoms. The van der Waals surface area contributed by atoms with Crippen molar-refractivity contribution < 1.29 is 14.6 Å². The molecule has 146 valence electrons. The Balaban J connectivity index is 1.82. The summed E-state index contributed by atoms with van der Waals surface area (Å²) in [5.41, 5.74) is 4.16. The molecule has 0 aliphatic heterocycles. The predicted octanol–water partition coefficient (Wildman–Crippen LogP) is 3.87. The molecule has 3 rings (SSSR count). The first-order valence-corrected chi connectivity index (χ1v) is 11.1. The average molecular weight is 441 g/mol. The molecule has 1 aliphatic rings. The van der Waals surface area contributed by atoms with Gasteiger partial charge in [-0.25, -0.2) is 0 Å². The monoisotopic (exact) mass is 442 g/mol. The van der Waals surface area contributed by atoms with Gasteiger partial charge < -0.3 is 0 Å². The van der Waals surface area contributed by atoms with Crippen LogP contribution in [0.25, 0.3) is 0 Å². The van der Waals surface area contributed by atoms with E-state index in [0.717, 1.165) is 0 Å². The Bertz CT molecular complexity index is 977. The van der Waals surface area contributed by atoms with Gasteiger partial charge >= 0.3 is 174 Å². The van der Waals surface area contributed by atoms with Crippen LogP contribution < -0.4 is 4.46 Å². The van der Waals surface area contributed by atoms with Crippen molar-refractivity contribution in [2.24, 2.45) is 0 Å². The molecule has 0 spiro atoms. The van der Waals surface area contributed by atoms with Gasteiger partial charge in [0.25, 0.3) is 0 Å². The minimum absolute atomic E-state index is 0.0172. The maximum atomic E-state index is 11.5. The molecule has 0 bridgehead atoms. The van der Waals surface area contributed by atoms with E-state index in [4.69, 9.17) is 0 Å². The first-order valence-electron chi connectivity index (χ1n) is 9.38. The topological polar surface area (TPSA) is 46.5 Å². The van der Waals surface area contributed by atoms with Crippen molar-refractivity contribution in [3.05, 3.63) is 58.7 Å². The molecule has 2 aromatic carbocycles. The van der Waals surface area contributed by atoms with Gasteiger partial charge in [0.1, 0.15) is 0 Å². The SMILES string of the molecule is COC(=O)c1ccc(C#C[Se]c2ccc3c(c2)C(C)(C)CCC3(C)C)cc1O. The van der Waals surface area contributed by atoms with E-state index < -0.39 is 5.97 Å². The summed E-state index contributed by atoms with van der Waals surface area (Å²) in [4.78, 5) is 14.8. The molecule has 28 heavy (non-hydrogen) atoms. The van der Waals surface area contributed by atoms with Crippen molar-refractivity contribution >= 4 is 25.4 Å². The fourth-order valence-electron chi connectivity index (χ4n) is 3.67. The van der Waals surface area contributed by atoms with Gasteiger partial charge in [-0.15, -0.1) is 0 Å². The fourth-order valence-corrected chi connectivity index (χ4v) is 4.92. The summed E-state index contributed by atoms with van der Waals surface area (Å²) >= 11 is 0.0172. The summed E-state index contributed by atoms with van der Waals surface area (Å²) in [6.45, 7) is 9.32. The van der Waals surface area contributed by atoms with Crippen LogP contribution in [0.5, 0.6) is 5.75 Å². The molecule has 0 atom stereocenters. The van der Waals surface area contributed by atoms with Crippen LogP contribution in [0.1, 0.15) is 67.6 Å². The van der Waals surface area contributed by atoms with Crippen LogP contribution in [-0.4, -0.2) is 33.1 Å². The molecule has 3 nitrogen and oxygen atoms in total. The summed E-state index contributed by atoms with van der Waals surface area (Å²) in [5, 5.41) is 9.98. The van der Waals surface area contributed by atoms with Gasteiger partial charge in [0.05, 0.1) is 0 Å². The number of benzene rings is 2.